The molecule has 1 saturated heterocycles. The standard InChI is InChI=1S/C35H52N4O5S2/c1-31-16-20-33(21-17-31)45(41,42)38(27-12-24-36)29-14-30-39(46(43,44)34-22-18-32(2)19-23-34)28-13-26-37-25-11-9-7-5-3-4-6-8-10-15-35(37)40/h16-23H,3-15,25-30H2,1-2H3. The lowest BCUT2D eigenvalue weighted by molar-refractivity contribution is -0.131. The van der Waals surface area contributed by atoms with Crippen molar-refractivity contribution in [3.05, 3.63) is 59.7 Å². The third-order valence-electron chi connectivity index (χ3n) is 8.61. The fourth-order valence-corrected chi connectivity index (χ4v) is 8.79. The maximum absolute atomic E-state index is 13.8. The monoisotopic (exact) mass is 672 g/mol. The second-order valence-corrected chi connectivity index (χ2v) is 16.2. The van der Waals surface area contributed by atoms with Gasteiger partial charge in [-0.2, -0.15) is 13.9 Å². The smallest absolute Gasteiger partial charge is 0.243 e. The van der Waals surface area contributed by atoms with E-state index in [1.807, 2.05) is 24.8 Å². The van der Waals surface area contributed by atoms with E-state index in [1.165, 1.54) is 40.7 Å². The number of sulfonamides is 2. The number of aryl methyl sites for hydroxylation is 2. The fraction of sp³-hybridized carbons (Fsp3) is 0.600. The summed E-state index contributed by atoms with van der Waals surface area (Å²) in [7, 11) is -7.74. The van der Waals surface area contributed by atoms with Crippen LogP contribution in [0, 0.1) is 25.2 Å². The van der Waals surface area contributed by atoms with Crippen molar-refractivity contribution in [2.45, 2.75) is 107 Å². The summed E-state index contributed by atoms with van der Waals surface area (Å²) in [5.74, 6) is 0.140. The number of carbonyl (C=O) groups is 1. The highest BCUT2D eigenvalue weighted by Gasteiger charge is 2.27. The van der Waals surface area contributed by atoms with Gasteiger partial charge < -0.3 is 4.90 Å². The van der Waals surface area contributed by atoms with Crippen LogP contribution in [0.25, 0.3) is 0 Å². The lowest BCUT2D eigenvalue weighted by atomic mass is 10.1. The molecular formula is C35H52N4O5S2. The number of hydrogen-bond donors (Lipinski definition) is 0. The van der Waals surface area contributed by atoms with Gasteiger partial charge in [0.25, 0.3) is 0 Å². The van der Waals surface area contributed by atoms with Crippen molar-refractivity contribution < 1.29 is 21.6 Å². The molecule has 2 aromatic rings. The summed E-state index contributed by atoms with van der Waals surface area (Å²) in [5.41, 5.74) is 1.88. The minimum Gasteiger partial charge on any atom is -0.343 e. The molecule has 1 aliphatic heterocycles. The highest BCUT2D eigenvalue weighted by atomic mass is 32.2. The van der Waals surface area contributed by atoms with E-state index < -0.39 is 20.0 Å². The normalized spacial score (nSPS) is 16.1. The highest BCUT2D eigenvalue weighted by Crippen LogP contribution is 2.21. The molecule has 0 radical (unpaired) electrons. The van der Waals surface area contributed by atoms with Gasteiger partial charge in [0.15, 0.2) is 0 Å². The summed E-state index contributed by atoms with van der Waals surface area (Å²) < 4.78 is 57.3. The van der Waals surface area contributed by atoms with Crippen LogP contribution in [0.4, 0.5) is 0 Å². The van der Waals surface area contributed by atoms with E-state index in [1.54, 1.807) is 48.5 Å². The van der Waals surface area contributed by atoms with Gasteiger partial charge in [-0.3, -0.25) is 4.79 Å². The highest BCUT2D eigenvalue weighted by molar-refractivity contribution is 7.89. The van der Waals surface area contributed by atoms with Crippen LogP contribution in [0.15, 0.2) is 58.3 Å². The molecule has 0 unspecified atom stereocenters. The summed E-state index contributed by atoms with van der Waals surface area (Å²) in [6.45, 7) is 5.36. The molecule has 1 amide bonds. The number of benzene rings is 2. The Balaban J connectivity index is 1.74. The van der Waals surface area contributed by atoms with Crippen molar-refractivity contribution in [2.75, 3.05) is 39.3 Å². The molecular weight excluding hydrogens is 621 g/mol. The van der Waals surface area contributed by atoms with Crippen molar-refractivity contribution in [3.8, 4) is 6.07 Å². The van der Waals surface area contributed by atoms with E-state index in [2.05, 4.69) is 0 Å². The zero-order chi connectivity index (χ0) is 33.4. The molecule has 9 nitrogen and oxygen atoms in total. The first-order valence-electron chi connectivity index (χ1n) is 16.8. The Morgan fingerprint density at radius 1 is 0.652 bits per heavy atom. The van der Waals surface area contributed by atoms with Gasteiger partial charge in [0.2, 0.25) is 26.0 Å². The fourth-order valence-electron chi connectivity index (χ4n) is 5.79. The summed E-state index contributed by atoms with van der Waals surface area (Å²) >= 11 is 0. The van der Waals surface area contributed by atoms with E-state index in [4.69, 9.17) is 0 Å². The molecule has 254 valence electrons. The zero-order valence-corrected chi connectivity index (χ0v) is 29.3. The molecule has 0 aromatic heterocycles. The second-order valence-electron chi connectivity index (χ2n) is 12.4. The number of rotatable bonds is 14. The van der Waals surface area contributed by atoms with Crippen LogP contribution < -0.4 is 0 Å². The number of amides is 1. The zero-order valence-electron chi connectivity index (χ0n) is 27.7. The van der Waals surface area contributed by atoms with Crippen molar-refractivity contribution in [1.29, 1.82) is 5.26 Å². The van der Waals surface area contributed by atoms with Crippen molar-refractivity contribution >= 4 is 26.0 Å². The average molecular weight is 673 g/mol. The molecule has 1 fully saturated rings. The Morgan fingerprint density at radius 3 is 1.59 bits per heavy atom. The third kappa shape index (κ3) is 11.8. The Morgan fingerprint density at radius 2 is 1.09 bits per heavy atom. The average Bonchev–Trinajstić information content (AvgIpc) is 3.05. The Hall–Kier alpha value is -2.78. The quantitative estimate of drug-likeness (QED) is 0.229. The Bertz CT molecular complexity index is 1470. The van der Waals surface area contributed by atoms with Gasteiger partial charge >= 0.3 is 0 Å². The van der Waals surface area contributed by atoms with Gasteiger partial charge in [0, 0.05) is 52.1 Å². The van der Waals surface area contributed by atoms with Crippen molar-refractivity contribution in [1.82, 2.24) is 13.5 Å². The van der Waals surface area contributed by atoms with Crippen LogP contribution in [0.2, 0.25) is 0 Å². The first-order valence-corrected chi connectivity index (χ1v) is 19.7. The van der Waals surface area contributed by atoms with Gasteiger partial charge in [0.05, 0.1) is 15.9 Å². The van der Waals surface area contributed by atoms with Gasteiger partial charge in [-0.25, -0.2) is 16.8 Å². The molecule has 0 bridgehead atoms. The van der Waals surface area contributed by atoms with Crippen LogP contribution in [-0.4, -0.2) is 75.5 Å². The largest absolute Gasteiger partial charge is 0.343 e. The predicted octanol–water partition coefficient (Wildman–Crippen LogP) is 6.42. The first-order chi connectivity index (χ1) is 22.1. The van der Waals surface area contributed by atoms with E-state index in [9.17, 15) is 26.9 Å². The number of nitrogens with zero attached hydrogens (tertiary/aromatic N) is 4. The molecule has 1 heterocycles. The minimum atomic E-state index is -3.87. The molecule has 46 heavy (non-hydrogen) atoms. The molecule has 0 atom stereocenters. The number of hydrogen-bond acceptors (Lipinski definition) is 6. The SMILES string of the molecule is Cc1ccc(S(=O)(=O)N(CCC#N)CCCN(CCCN2CCCCCCCCCCCC2=O)S(=O)(=O)c2ccc(C)cc2)cc1. The summed E-state index contributed by atoms with van der Waals surface area (Å²) in [4.78, 5) is 15.4. The second kappa shape index (κ2) is 19.1. The van der Waals surface area contributed by atoms with Crippen LogP contribution in [-0.2, 0) is 24.8 Å². The topological polar surface area (TPSA) is 119 Å². The lowest BCUT2D eigenvalue weighted by Gasteiger charge is -2.27. The molecule has 0 N–H and O–H groups in total. The van der Waals surface area contributed by atoms with Crippen LogP contribution in [0.3, 0.4) is 0 Å². The van der Waals surface area contributed by atoms with Gasteiger partial charge in [-0.15, -0.1) is 0 Å². The molecule has 2 aromatic carbocycles. The summed E-state index contributed by atoms with van der Waals surface area (Å²) in [6, 6.07) is 15.3. The van der Waals surface area contributed by atoms with Crippen LogP contribution >= 0.6 is 0 Å². The lowest BCUT2D eigenvalue weighted by Crippen LogP contribution is -2.39. The van der Waals surface area contributed by atoms with E-state index >= 15 is 0 Å². The van der Waals surface area contributed by atoms with Crippen molar-refractivity contribution in [2.24, 2.45) is 0 Å². The van der Waals surface area contributed by atoms with Crippen LogP contribution in [0.1, 0.15) is 94.6 Å². The molecule has 0 saturated carbocycles. The molecule has 0 spiro atoms. The molecule has 3 rings (SSSR count). The Labute approximate surface area is 277 Å². The van der Waals surface area contributed by atoms with E-state index in [0.29, 0.717) is 25.9 Å². The van der Waals surface area contributed by atoms with Gasteiger partial charge in [-0.1, -0.05) is 80.3 Å². The van der Waals surface area contributed by atoms with Crippen molar-refractivity contribution in [3.63, 3.8) is 0 Å². The van der Waals surface area contributed by atoms with E-state index in [-0.39, 0.29) is 54.7 Å². The first kappa shape index (κ1) is 37.7. The van der Waals surface area contributed by atoms with Crippen LogP contribution in [0.5, 0.6) is 0 Å². The van der Waals surface area contributed by atoms with E-state index in [0.717, 1.165) is 36.8 Å². The predicted molar refractivity (Wildman–Crippen MR) is 182 cm³/mol. The molecule has 0 aliphatic carbocycles. The summed E-state index contributed by atoms with van der Waals surface area (Å²) in [5, 5.41) is 9.19. The maximum Gasteiger partial charge on any atom is 0.243 e. The Kier molecular flexibility index (Phi) is 15.7. The maximum atomic E-state index is 13.8. The minimum absolute atomic E-state index is 0.0223. The molecule has 1 aliphatic rings. The number of nitriles is 1. The van der Waals surface area contributed by atoms with Gasteiger partial charge in [0.1, 0.15) is 0 Å². The summed E-state index contributed by atoms with van der Waals surface area (Å²) in [6.07, 6.45) is 11.4. The number of carbonyl (C=O) groups excluding carboxylic acids is 1. The third-order valence-corrected chi connectivity index (χ3v) is 12.4. The molecule has 11 heteroatoms. The van der Waals surface area contributed by atoms with Gasteiger partial charge in [-0.05, 0) is 63.8 Å².